The van der Waals surface area contributed by atoms with Gasteiger partial charge in [-0.15, -0.1) is 12.4 Å². The molecule has 1 aliphatic rings. The van der Waals surface area contributed by atoms with Crippen molar-refractivity contribution in [2.24, 2.45) is 0 Å². The summed E-state index contributed by atoms with van der Waals surface area (Å²) >= 11 is 7.73. The van der Waals surface area contributed by atoms with Crippen LogP contribution in [0.1, 0.15) is 29.6 Å². The number of hydrogen-bond acceptors (Lipinski definition) is 7. The number of halogens is 2. The summed E-state index contributed by atoms with van der Waals surface area (Å²) in [5, 5.41) is 1.10. The zero-order valence-electron chi connectivity index (χ0n) is 21.1. The summed E-state index contributed by atoms with van der Waals surface area (Å²) in [6.07, 6.45) is 2.47. The fourth-order valence-corrected chi connectivity index (χ4v) is 6.62. The molecular formula is C25H32Cl2N4O4S2. The molecule has 1 amide bonds. The van der Waals surface area contributed by atoms with Crippen molar-refractivity contribution < 1.29 is 17.9 Å². The van der Waals surface area contributed by atoms with Crippen molar-refractivity contribution in [1.29, 1.82) is 0 Å². The first-order valence-electron chi connectivity index (χ1n) is 11.9. The van der Waals surface area contributed by atoms with Crippen molar-refractivity contribution in [3.05, 3.63) is 53.1 Å². The maximum atomic E-state index is 13.6. The molecule has 1 saturated heterocycles. The van der Waals surface area contributed by atoms with E-state index in [-0.39, 0.29) is 29.3 Å². The van der Waals surface area contributed by atoms with E-state index >= 15 is 0 Å². The number of benzene rings is 2. The van der Waals surface area contributed by atoms with Crippen LogP contribution in [0.15, 0.2) is 47.4 Å². The van der Waals surface area contributed by atoms with Crippen LogP contribution >= 0.6 is 35.3 Å². The molecule has 12 heteroatoms. The van der Waals surface area contributed by atoms with Gasteiger partial charge in [-0.3, -0.25) is 9.69 Å². The molecule has 1 atom stereocenters. The molecule has 2 heterocycles. The van der Waals surface area contributed by atoms with Crippen molar-refractivity contribution in [3.8, 4) is 0 Å². The van der Waals surface area contributed by atoms with Gasteiger partial charge in [-0.05, 0) is 76.3 Å². The van der Waals surface area contributed by atoms with Crippen LogP contribution in [0.3, 0.4) is 0 Å². The lowest BCUT2D eigenvalue weighted by Gasteiger charge is -2.22. The number of carbonyl (C=O) groups excluding carboxylic acids is 1. The van der Waals surface area contributed by atoms with Crippen LogP contribution in [0.25, 0.3) is 10.2 Å². The van der Waals surface area contributed by atoms with E-state index in [9.17, 15) is 13.2 Å². The number of sulfonamides is 1. The predicted octanol–water partition coefficient (Wildman–Crippen LogP) is 4.77. The largest absolute Gasteiger partial charge is 0.377 e. The van der Waals surface area contributed by atoms with Gasteiger partial charge < -0.3 is 9.64 Å². The number of anilines is 1. The van der Waals surface area contributed by atoms with E-state index in [0.717, 1.165) is 30.5 Å². The van der Waals surface area contributed by atoms with Crippen molar-refractivity contribution in [1.82, 2.24) is 14.2 Å². The number of ether oxygens (including phenoxy) is 1. The van der Waals surface area contributed by atoms with E-state index in [4.69, 9.17) is 16.3 Å². The van der Waals surface area contributed by atoms with Crippen molar-refractivity contribution >= 4 is 66.6 Å². The first-order chi connectivity index (χ1) is 17.2. The lowest BCUT2D eigenvalue weighted by Crippen LogP contribution is -2.34. The highest BCUT2D eigenvalue weighted by atomic mass is 35.5. The van der Waals surface area contributed by atoms with Gasteiger partial charge in [0, 0.05) is 32.3 Å². The SMILES string of the molecule is CN(C)CCCN(C(=O)c1ccc(S(=O)(=O)N(C)CC2CCCO2)cc1)c1nc2c(Cl)cccc2s1.Cl. The molecule has 0 N–H and O–H groups in total. The standard InChI is InChI=1S/C25H31ClN4O4S2.ClH/c1-28(2)14-6-15-30(25-27-23-21(26)8-4-9-22(23)35-25)24(31)18-10-12-20(13-11-18)36(32,33)29(3)17-19-7-5-16-34-19;/h4,8-13,19H,5-7,14-17H2,1-3H3;1H. The maximum absolute atomic E-state index is 13.6. The van der Waals surface area contributed by atoms with Gasteiger partial charge in [-0.2, -0.15) is 4.31 Å². The van der Waals surface area contributed by atoms with Crippen LogP contribution in [-0.2, 0) is 14.8 Å². The Kier molecular flexibility index (Phi) is 10.3. The molecule has 2 aromatic carbocycles. The monoisotopic (exact) mass is 586 g/mol. The number of likely N-dealkylation sites (N-methyl/N-ethyl adjacent to an activating group) is 1. The summed E-state index contributed by atoms with van der Waals surface area (Å²) in [6, 6.07) is 11.7. The fourth-order valence-electron chi connectivity index (χ4n) is 4.13. The second-order valence-corrected chi connectivity index (χ2v) is 12.6. The first kappa shape index (κ1) is 29.8. The highest BCUT2D eigenvalue weighted by molar-refractivity contribution is 7.89. The van der Waals surface area contributed by atoms with E-state index in [1.807, 2.05) is 26.2 Å². The van der Waals surface area contributed by atoms with Crippen molar-refractivity contribution in [2.75, 3.05) is 52.3 Å². The van der Waals surface area contributed by atoms with Gasteiger partial charge in [0.05, 0.1) is 20.7 Å². The molecule has 1 aliphatic heterocycles. The molecule has 0 bridgehead atoms. The summed E-state index contributed by atoms with van der Waals surface area (Å²) in [7, 11) is 1.84. The van der Waals surface area contributed by atoms with Gasteiger partial charge in [0.1, 0.15) is 5.52 Å². The lowest BCUT2D eigenvalue weighted by molar-refractivity contribution is 0.0978. The van der Waals surface area contributed by atoms with Crippen molar-refractivity contribution in [3.63, 3.8) is 0 Å². The van der Waals surface area contributed by atoms with Gasteiger partial charge in [0.15, 0.2) is 5.13 Å². The normalized spacial score (nSPS) is 15.9. The number of fused-ring (bicyclic) bond motifs is 1. The Morgan fingerprint density at radius 3 is 2.49 bits per heavy atom. The van der Waals surface area contributed by atoms with Crippen molar-refractivity contribution in [2.45, 2.75) is 30.3 Å². The zero-order chi connectivity index (χ0) is 25.9. The van der Waals surface area contributed by atoms with E-state index < -0.39 is 10.0 Å². The number of rotatable bonds is 10. The Hall–Kier alpha value is -1.79. The van der Waals surface area contributed by atoms with Crippen LogP contribution in [-0.4, -0.2) is 82.0 Å². The average Bonchev–Trinajstić information content (AvgIpc) is 3.52. The average molecular weight is 588 g/mol. The van der Waals surface area contributed by atoms with Gasteiger partial charge in [0.2, 0.25) is 10.0 Å². The summed E-state index contributed by atoms with van der Waals surface area (Å²) in [5.41, 5.74) is 1.06. The van der Waals surface area contributed by atoms with Crippen LogP contribution in [0, 0.1) is 0 Å². The first-order valence-corrected chi connectivity index (χ1v) is 14.5. The highest BCUT2D eigenvalue weighted by Gasteiger charge is 2.27. The number of hydrogen-bond donors (Lipinski definition) is 0. The zero-order valence-corrected chi connectivity index (χ0v) is 24.3. The quantitative estimate of drug-likeness (QED) is 0.340. The molecule has 8 nitrogen and oxygen atoms in total. The second kappa shape index (κ2) is 12.8. The van der Waals surface area contributed by atoms with Crippen LogP contribution in [0.5, 0.6) is 0 Å². The highest BCUT2D eigenvalue weighted by Crippen LogP contribution is 2.33. The van der Waals surface area contributed by atoms with Crippen LogP contribution in [0.4, 0.5) is 5.13 Å². The Balaban J connectivity index is 0.00000380. The summed E-state index contributed by atoms with van der Waals surface area (Å²) in [4.78, 5) is 22.1. The molecule has 0 aliphatic carbocycles. The number of amides is 1. The van der Waals surface area contributed by atoms with E-state index in [0.29, 0.717) is 40.9 Å². The van der Waals surface area contributed by atoms with E-state index in [1.54, 1.807) is 30.1 Å². The third kappa shape index (κ3) is 7.00. The number of nitrogens with zero attached hydrogens (tertiary/aromatic N) is 4. The third-order valence-electron chi connectivity index (χ3n) is 6.12. The number of thiazole rings is 1. The Bertz CT molecular complexity index is 1310. The Labute approximate surface area is 233 Å². The minimum absolute atomic E-state index is 0. The lowest BCUT2D eigenvalue weighted by atomic mass is 10.2. The molecule has 0 radical (unpaired) electrons. The Morgan fingerprint density at radius 1 is 1.14 bits per heavy atom. The molecule has 0 spiro atoms. The van der Waals surface area contributed by atoms with E-state index in [2.05, 4.69) is 9.88 Å². The van der Waals surface area contributed by atoms with Crippen LogP contribution < -0.4 is 4.90 Å². The van der Waals surface area contributed by atoms with Gasteiger partial charge in [0.25, 0.3) is 5.91 Å². The number of para-hydroxylation sites is 1. The fraction of sp³-hybridized carbons (Fsp3) is 0.440. The van der Waals surface area contributed by atoms with Crippen LogP contribution in [0.2, 0.25) is 5.02 Å². The molecule has 3 aromatic rings. The molecule has 1 fully saturated rings. The maximum Gasteiger partial charge on any atom is 0.260 e. The molecule has 4 rings (SSSR count). The van der Waals surface area contributed by atoms with Gasteiger partial charge in [-0.25, -0.2) is 13.4 Å². The third-order valence-corrected chi connectivity index (χ3v) is 9.30. The molecule has 1 unspecified atom stereocenters. The minimum atomic E-state index is -3.69. The number of carbonyl (C=O) groups is 1. The second-order valence-electron chi connectivity index (χ2n) is 9.14. The van der Waals surface area contributed by atoms with Gasteiger partial charge in [-0.1, -0.05) is 29.0 Å². The summed E-state index contributed by atoms with van der Waals surface area (Å²) < 4.78 is 33.9. The Morgan fingerprint density at radius 2 is 1.86 bits per heavy atom. The molecular weight excluding hydrogens is 555 g/mol. The number of aromatic nitrogens is 1. The molecule has 1 aromatic heterocycles. The molecule has 37 heavy (non-hydrogen) atoms. The smallest absolute Gasteiger partial charge is 0.260 e. The van der Waals surface area contributed by atoms with E-state index in [1.165, 1.54) is 27.8 Å². The predicted molar refractivity (Wildman–Crippen MR) is 152 cm³/mol. The molecule has 202 valence electrons. The van der Waals surface area contributed by atoms with Gasteiger partial charge >= 0.3 is 0 Å². The minimum Gasteiger partial charge on any atom is -0.377 e. The topological polar surface area (TPSA) is 83.1 Å². The summed E-state index contributed by atoms with van der Waals surface area (Å²) in [6.45, 7) is 2.26. The molecule has 0 saturated carbocycles. The summed E-state index contributed by atoms with van der Waals surface area (Å²) in [5.74, 6) is -0.236.